The van der Waals surface area contributed by atoms with E-state index < -0.39 is 23.1 Å². The van der Waals surface area contributed by atoms with Crippen molar-refractivity contribution in [2.75, 3.05) is 13.6 Å². The van der Waals surface area contributed by atoms with Crippen LogP contribution in [0.5, 0.6) is 11.5 Å². The number of hydrogen-bond acceptors (Lipinski definition) is 7. The lowest BCUT2D eigenvalue weighted by atomic mass is 9.52. The van der Waals surface area contributed by atoms with Crippen LogP contribution in [0.15, 0.2) is 12.1 Å². The molecule has 0 N–H and O–H groups in total. The maximum Gasteiger partial charge on any atom is 0.308 e. The first-order valence-corrected chi connectivity index (χ1v) is 10.1. The first-order chi connectivity index (χ1) is 13.6. The highest BCUT2D eigenvalue weighted by atomic mass is 16.6. The molecule has 1 aromatic carbocycles. The maximum atomic E-state index is 13.1. The van der Waals surface area contributed by atoms with Gasteiger partial charge in [0.2, 0.25) is 0 Å². The molecule has 1 aromatic rings. The van der Waals surface area contributed by atoms with E-state index in [-0.39, 0.29) is 24.2 Å². The van der Waals surface area contributed by atoms with Crippen LogP contribution >= 0.6 is 0 Å². The number of hydrogen-bond donors (Lipinski definition) is 0. The molecule has 4 rings (SSSR count). The van der Waals surface area contributed by atoms with Gasteiger partial charge in [0, 0.05) is 31.9 Å². The molecule has 0 aromatic heterocycles. The molecule has 0 radical (unpaired) electrons. The zero-order valence-corrected chi connectivity index (χ0v) is 17.5. The number of piperidine rings is 1. The van der Waals surface area contributed by atoms with E-state index >= 15 is 0 Å². The minimum Gasteiger partial charge on any atom is -0.477 e. The van der Waals surface area contributed by atoms with Crippen molar-refractivity contribution in [1.82, 2.24) is 4.90 Å². The Bertz CT molecular complexity index is 911. The first-order valence-electron chi connectivity index (χ1n) is 10.1. The summed E-state index contributed by atoms with van der Waals surface area (Å²) in [6, 6.07) is 3.46. The zero-order chi connectivity index (χ0) is 21.1. The molecule has 0 unspecified atom stereocenters. The van der Waals surface area contributed by atoms with E-state index in [2.05, 4.69) is 4.90 Å². The number of carbonyl (C=O) groups is 3. The molecule has 0 bridgehead atoms. The molecule has 1 spiro atoms. The molecule has 1 aliphatic carbocycles. The Kier molecular flexibility index (Phi) is 4.49. The van der Waals surface area contributed by atoms with Crippen LogP contribution in [0.3, 0.4) is 0 Å². The number of likely N-dealkylation sites (N-methyl/N-ethyl adjacent to an activating group) is 1. The molecule has 7 nitrogen and oxygen atoms in total. The second-order valence-corrected chi connectivity index (χ2v) is 8.50. The van der Waals surface area contributed by atoms with Crippen molar-refractivity contribution >= 4 is 17.7 Å². The Labute approximate surface area is 170 Å². The molecule has 1 saturated carbocycles. The molecule has 2 aliphatic heterocycles. The SMILES string of the molecule is CC(=O)Oc1ccc(C)c2c1O[C@H]1C(=O)CC[C@@]3(OC(C)=O)[C@@H](C)N(C)CC[C@]213. The van der Waals surface area contributed by atoms with Gasteiger partial charge in [0.25, 0.3) is 0 Å². The van der Waals surface area contributed by atoms with Gasteiger partial charge in [-0.05, 0) is 51.9 Å². The summed E-state index contributed by atoms with van der Waals surface area (Å²) in [6.07, 6.45) is 0.549. The Hall–Kier alpha value is -2.41. The van der Waals surface area contributed by atoms with Crippen molar-refractivity contribution in [2.45, 2.75) is 70.1 Å². The number of nitrogens with zero attached hydrogens (tertiary/aromatic N) is 1. The van der Waals surface area contributed by atoms with E-state index in [4.69, 9.17) is 14.2 Å². The zero-order valence-electron chi connectivity index (χ0n) is 17.5. The van der Waals surface area contributed by atoms with Gasteiger partial charge in [0.05, 0.1) is 5.41 Å². The largest absolute Gasteiger partial charge is 0.477 e. The van der Waals surface area contributed by atoms with Gasteiger partial charge in [-0.2, -0.15) is 0 Å². The number of esters is 2. The normalized spacial score (nSPS) is 33.2. The van der Waals surface area contributed by atoms with E-state index in [1.807, 2.05) is 27.0 Å². The van der Waals surface area contributed by atoms with Gasteiger partial charge in [-0.25, -0.2) is 0 Å². The number of likely N-dealkylation sites (tertiary alicyclic amines) is 1. The monoisotopic (exact) mass is 401 g/mol. The number of benzene rings is 1. The number of carbonyl (C=O) groups excluding carboxylic acids is 3. The molecule has 1 saturated heterocycles. The lowest BCUT2D eigenvalue weighted by Gasteiger charge is -2.60. The predicted octanol–water partition coefficient (Wildman–Crippen LogP) is 2.31. The second kappa shape index (κ2) is 6.55. The molecule has 3 aliphatic rings. The van der Waals surface area contributed by atoms with Gasteiger partial charge in [-0.3, -0.25) is 19.3 Å². The number of rotatable bonds is 2. The quantitative estimate of drug-likeness (QED) is 0.555. The van der Waals surface area contributed by atoms with Gasteiger partial charge in [0.1, 0.15) is 5.60 Å². The summed E-state index contributed by atoms with van der Waals surface area (Å²) in [5, 5.41) is 0. The smallest absolute Gasteiger partial charge is 0.308 e. The van der Waals surface area contributed by atoms with Crippen molar-refractivity contribution in [3.63, 3.8) is 0 Å². The molecular weight excluding hydrogens is 374 g/mol. The van der Waals surface area contributed by atoms with Gasteiger partial charge >= 0.3 is 11.9 Å². The van der Waals surface area contributed by atoms with Crippen LogP contribution in [0, 0.1) is 6.92 Å². The number of ketones is 1. The fraction of sp³-hybridized carbons (Fsp3) is 0.591. The fourth-order valence-electron chi connectivity index (χ4n) is 5.79. The summed E-state index contributed by atoms with van der Waals surface area (Å²) in [7, 11) is 2.01. The van der Waals surface area contributed by atoms with Gasteiger partial charge < -0.3 is 14.2 Å². The molecule has 7 heteroatoms. The van der Waals surface area contributed by atoms with Crippen molar-refractivity contribution in [1.29, 1.82) is 0 Å². The Morgan fingerprint density at radius 2 is 1.93 bits per heavy atom. The van der Waals surface area contributed by atoms with E-state index in [0.29, 0.717) is 24.3 Å². The Balaban J connectivity index is 2.02. The molecule has 29 heavy (non-hydrogen) atoms. The Morgan fingerprint density at radius 3 is 2.59 bits per heavy atom. The van der Waals surface area contributed by atoms with Gasteiger partial charge in [0.15, 0.2) is 23.4 Å². The van der Waals surface area contributed by atoms with Crippen LogP contribution < -0.4 is 9.47 Å². The molecule has 0 amide bonds. The summed E-state index contributed by atoms with van der Waals surface area (Å²) in [5.74, 6) is -0.108. The maximum absolute atomic E-state index is 13.1. The van der Waals surface area contributed by atoms with Crippen molar-refractivity contribution in [2.24, 2.45) is 0 Å². The van der Waals surface area contributed by atoms with Crippen LogP contribution in [0.25, 0.3) is 0 Å². The predicted molar refractivity (Wildman–Crippen MR) is 104 cm³/mol. The molecule has 2 heterocycles. The summed E-state index contributed by atoms with van der Waals surface area (Å²) >= 11 is 0. The minimum absolute atomic E-state index is 0.00564. The standard InChI is InChI=1S/C22H27NO6/c1-12-6-7-17(27-14(3)24)19-18(12)21-10-11-23(5)13(2)22(21,29-15(4)25)9-8-16(26)20(21)28-19/h6-7,13,20H,8-11H2,1-5H3/t13-,20+,21+,22-/m1/s1. The summed E-state index contributed by atoms with van der Waals surface area (Å²) < 4.78 is 17.8. The van der Waals surface area contributed by atoms with E-state index in [1.165, 1.54) is 13.8 Å². The third kappa shape index (κ3) is 2.56. The second-order valence-electron chi connectivity index (χ2n) is 8.50. The number of fused-ring (bicyclic) bond motifs is 1. The van der Waals surface area contributed by atoms with E-state index in [1.54, 1.807) is 6.07 Å². The van der Waals surface area contributed by atoms with Crippen molar-refractivity contribution in [3.8, 4) is 11.5 Å². The minimum atomic E-state index is -0.907. The van der Waals surface area contributed by atoms with Crippen LogP contribution in [-0.2, 0) is 24.5 Å². The highest BCUT2D eigenvalue weighted by Crippen LogP contribution is 2.63. The highest BCUT2D eigenvalue weighted by Gasteiger charge is 2.72. The first kappa shape index (κ1) is 19.9. The molecular formula is C22H27NO6. The fourth-order valence-corrected chi connectivity index (χ4v) is 5.79. The number of Topliss-reactive ketones (excluding diaryl/α,β-unsaturated/α-hetero) is 1. The van der Waals surface area contributed by atoms with E-state index in [9.17, 15) is 14.4 Å². The third-order valence-electron chi connectivity index (χ3n) is 7.02. The molecule has 4 atom stereocenters. The average molecular weight is 401 g/mol. The van der Waals surface area contributed by atoms with Crippen LogP contribution in [-0.4, -0.2) is 54.0 Å². The van der Waals surface area contributed by atoms with Crippen LogP contribution in [0.2, 0.25) is 0 Å². The summed E-state index contributed by atoms with van der Waals surface area (Å²) in [4.78, 5) is 39.1. The lowest BCUT2D eigenvalue weighted by molar-refractivity contribution is -0.206. The average Bonchev–Trinajstić information content (AvgIpc) is 3.00. The number of aryl methyl sites for hydroxylation is 1. The van der Waals surface area contributed by atoms with E-state index in [0.717, 1.165) is 17.7 Å². The summed E-state index contributed by atoms with van der Waals surface area (Å²) in [5.41, 5.74) is 0.0435. The molecule has 156 valence electrons. The summed E-state index contributed by atoms with van der Waals surface area (Å²) in [6.45, 7) is 7.47. The lowest BCUT2D eigenvalue weighted by Crippen LogP contribution is -2.74. The van der Waals surface area contributed by atoms with Crippen LogP contribution in [0.1, 0.15) is 51.2 Å². The van der Waals surface area contributed by atoms with Gasteiger partial charge in [-0.1, -0.05) is 6.07 Å². The number of ether oxygens (including phenoxy) is 3. The Morgan fingerprint density at radius 1 is 1.21 bits per heavy atom. The van der Waals surface area contributed by atoms with Crippen molar-refractivity contribution < 1.29 is 28.6 Å². The van der Waals surface area contributed by atoms with Crippen molar-refractivity contribution in [3.05, 3.63) is 23.3 Å². The molecule has 2 fully saturated rings. The highest BCUT2D eigenvalue weighted by molar-refractivity contribution is 5.90. The third-order valence-corrected chi connectivity index (χ3v) is 7.02. The van der Waals surface area contributed by atoms with Gasteiger partial charge in [-0.15, -0.1) is 0 Å². The van der Waals surface area contributed by atoms with Crippen LogP contribution in [0.4, 0.5) is 0 Å². The topological polar surface area (TPSA) is 82.1 Å².